The molecular formula is C17H22N6O5S. The molecule has 29 heavy (non-hydrogen) atoms. The van der Waals surface area contributed by atoms with Crippen LogP contribution in [0.2, 0.25) is 0 Å². The smallest absolute Gasteiger partial charge is 0.333 e. The minimum absolute atomic E-state index is 0.0537. The van der Waals surface area contributed by atoms with E-state index in [4.69, 9.17) is 9.88 Å². The number of aliphatic hydroxyl groups excluding tert-OH is 1. The van der Waals surface area contributed by atoms with Gasteiger partial charge in [0.1, 0.15) is 24.1 Å². The average molecular weight is 422 g/mol. The Hall–Kier alpha value is -2.64. The summed E-state index contributed by atoms with van der Waals surface area (Å²) in [6.07, 6.45) is 0.917. The number of hydrogen-bond acceptors (Lipinski definition) is 9. The molecule has 156 valence electrons. The molecule has 0 radical (unpaired) electrons. The van der Waals surface area contributed by atoms with Crippen LogP contribution in [0.1, 0.15) is 5.56 Å². The predicted molar refractivity (Wildman–Crippen MR) is 105 cm³/mol. The van der Waals surface area contributed by atoms with E-state index in [1.807, 2.05) is 30.3 Å². The Bertz CT molecular complexity index is 1040. The summed E-state index contributed by atoms with van der Waals surface area (Å²) in [6.45, 7) is 0.208. The minimum Gasteiger partial charge on any atom is -0.388 e. The van der Waals surface area contributed by atoms with Gasteiger partial charge in [-0.2, -0.15) is 8.42 Å². The number of nitrogens with zero attached hydrogens (tertiary/aromatic N) is 4. The van der Waals surface area contributed by atoms with Crippen molar-refractivity contribution in [1.82, 2.24) is 19.5 Å². The van der Waals surface area contributed by atoms with Crippen LogP contribution in [0, 0.1) is 0 Å². The number of hydrogen-bond donors (Lipinski definition) is 3. The molecule has 3 aromatic rings. The van der Waals surface area contributed by atoms with Crippen LogP contribution in [-0.4, -0.2) is 59.0 Å². The zero-order chi connectivity index (χ0) is 20.9. The van der Waals surface area contributed by atoms with Crippen LogP contribution in [0.5, 0.6) is 0 Å². The summed E-state index contributed by atoms with van der Waals surface area (Å²) in [6, 6.07) is 9.84. The van der Waals surface area contributed by atoms with Crippen LogP contribution in [-0.2, 0) is 32.3 Å². The summed E-state index contributed by atoms with van der Waals surface area (Å²) in [4.78, 5) is 12.8. The molecule has 0 aliphatic carbocycles. The highest BCUT2D eigenvalue weighted by Gasteiger charge is 2.23. The maximum absolute atomic E-state index is 10.9. The van der Waals surface area contributed by atoms with Gasteiger partial charge in [0.2, 0.25) is 0 Å². The van der Waals surface area contributed by atoms with Gasteiger partial charge < -0.3 is 19.7 Å². The van der Waals surface area contributed by atoms with Crippen molar-refractivity contribution < 1.29 is 22.4 Å². The van der Waals surface area contributed by atoms with Crippen molar-refractivity contribution in [2.45, 2.75) is 25.3 Å². The average Bonchev–Trinajstić information content (AvgIpc) is 3.10. The molecule has 0 aliphatic heterocycles. The fraction of sp³-hybridized carbons (Fsp3) is 0.353. The van der Waals surface area contributed by atoms with Crippen molar-refractivity contribution in [2.75, 3.05) is 19.0 Å². The molecule has 1 aromatic carbocycles. The van der Waals surface area contributed by atoms with Crippen molar-refractivity contribution in [2.24, 2.45) is 5.14 Å². The van der Waals surface area contributed by atoms with Gasteiger partial charge in [0.15, 0.2) is 11.5 Å². The zero-order valence-electron chi connectivity index (χ0n) is 15.7. The Morgan fingerprint density at radius 1 is 1.24 bits per heavy atom. The van der Waals surface area contributed by atoms with E-state index in [0.29, 0.717) is 23.5 Å². The first-order chi connectivity index (χ1) is 13.9. The van der Waals surface area contributed by atoms with Gasteiger partial charge in [-0.15, -0.1) is 0 Å². The van der Waals surface area contributed by atoms with Crippen molar-refractivity contribution in [1.29, 1.82) is 0 Å². The molecular weight excluding hydrogens is 400 g/mol. The van der Waals surface area contributed by atoms with Crippen LogP contribution >= 0.6 is 0 Å². The van der Waals surface area contributed by atoms with Crippen molar-refractivity contribution in [3.8, 4) is 0 Å². The number of nitrogens with one attached hydrogen (secondary N) is 1. The summed E-state index contributed by atoms with van der Waals surface area (Å²) >= 11 is 0. The molecule has 2 aromatic heterocycles. The van der Waals surface area contributed by atoms with Gasteiger partial charge in [-0.1, -0.05) is 30.3 Å². The van der Waals surface area contributed by atoms with Crippen LogP contribution in [0.3, 0.4) is 0 Å². The Balaban J connectivity index is 1.72. The number of methoxy groups -OCH3 is 1. The predicted octanol–water partition coefficient (Wildman–Crippen LogP) is 0.0344. The Morgan fingerprint density at radius 3 is 2.69 bits per heavy atom. The van der Waals surface area contributed by atoms with E-state index < -0.39 is 29.1 Å². The first-order valence-corrected chi connectivity index (χ1v) is 10.2. The first kappa shape index (κ1) is 21.1. The number of rotatable bonds is 10. The highest BCUT2D eigenvalue weighted by atomic mass is 32.2. The molecule has 4 N–H and O–H groups in total. The Morgan fingerprint density at radius 2 is 2.00 bits per heavy atom. The highest BCUT2D eigenvalue weighted by Crippen LogP contribution is 2.19. The van der Waals surface area contributed by atoms with Gasteiger partial charge in [0, 0.05) is 13.7 Å². The normalized spacial score (nSPS) is 14.0. The number of aliphatic hydroxyl groups is 1. The van der Waals surface area contributed by atoms with Crippen molar-refractivity contribution >= 4 is 27.3 Å². The fourth-order valence-electron chi connectivity index (χ4n) is 2.74. The van der Waals surface area contributed by atoms with Crippen molar-refractivity contribution in [3.05, 3.63) is 48.5 Å². The van der Waals surface area contributed by atoms with Gasteiger partial charge >= 0.3 is 10.3 Å². The largest absolute Gasteiger partial charge is 0.388 e. The van der Waals surface area contributed by atoms with Gasteiger partial charge in [-0.25, -0.2) is 20.1 Å². The second-order valence-corrected chi connectivity index (χ2v) is 7.47. The molecule has 0 spiro atoms. The number of ether oxygens (including phenoxy) is 1. The molecule has 0 unspecified atom stereocenters. The molecule has 0 saturated carbocycles. The molecule has 11 nitrogen and oxygen atoms in total. The number of nitrogens with two attached hydrogens (primary N) is 1. The number of aromatic nitrogens is 4. The second-order valence-electron chi connectivity index (χ2n) is 6.25. The molecule has 0 bridgehead atoms. The van der Waals surface area contributed by atoms with Crippen LogP contribution in [0.4, 0.5) is 5.82 Å². The number of anilines is 1. The molecule has 3 rings (SSSR count). The number of imidazole rings is 1. The highest BCUT2D eigenvalue weighted by molar-refractivity contribution is 7.84. The Kier molecular flexibility index (Phi) is 6.71. The summed E-state index contributed by atoms with van der Waals surface area (Å²) in [5.41, 5.74) is 2.15. The molecule has 0 aliphatic rings. The molecule has 12 heteroatoms. The van der Waals surface area contributed by atoms with E-state index in [0.717, 1.165) is 5.56 Å². The van der Waals surface area contributed by atoms with Gasteiger partial charge in [-0.3, -0.25) is 4.18 Å². The van der Waals surface area contributed by atoms with E-state index in [2.05, 4.69) is 24.5 Å². The van der Waals surface area contributed by atoms with Crippen LogP contribution in [0.15, 0.2) is 43.0 Å². The van der Waals surface area contributed by atoms with Crippen LogP contribution in [0.25, 0.3) is 11.2 Å². The molecule has 2 heterocycles. The lowest BCUT2D eigenvalue weighted by atomic mass is 10.2. The third kappa shape index (κ3) is 5.68. The molecule has 0 fully saturated rings. The maximum Gasteiger partial charge on any atom is 0.333 e. The SMILES string of the molecule is CO[C@@H](COS(N)(=O)=O)[C@@H](O)Cn1cnc2c(NCc3ccccc3)ncnc21. The summed E-state index contributed by atoms with van der Waals surface area (Å²) < 4.78 is 33.1. The summed E-state index contributed by atoms with van der Waals surface area (Å²) in [5.74, 6) is 0.563. The third-order valence-electron chi connectivity index (χ3n) is 4.22. The molecule has 2 atom stereocenters. The lowest BCUT2D eigenvalue weighted by Crippen LogP contribution is -2.37. The van der Waals surface area contributed by atoms with Gasteiger partial charge in [0.05, 0.1) is 19.5 Å². The standard InChI is InChI=1S/C17H22N6O5S/c1-27-14(9-28-29(18,25)26)13(24)8-23-11-22-15-16(20-10-21-17(15)23)19-7-12-5-3-2-4-6-12/h2-6,10-11,13-14,24H,7-9H2,1H3,(H2,18,25,26)(H,19,20,21)/t13-,14-/m0/s1. The summed E-state index contributed by atoms with van der Waals surface area (Å²) in [5, 5.41) is 18.4. The number of fused-ring (bicyclic) bond motifs is 1. The van der Waals surface area contributed by atoms with E-state index in [9.17, 15) is 13.5 Å². The second kappa shape index (κ2) is 9.24. The number of benzene rings is 1. The topological polar surface area (TPSA) is 154 Å². The monoisotopic (exact) mass is 422 g/mol. The van der Waals surface area contributed by atoms with Crippen LogP contribution < -0.4 is 10.5 Å². The Labute approximate surface area is 167 Å². The molecule has 0 amide bonds. The van der Waals surface area contributed by atoms with E-state index >= 15 is 0 Å². The molecule has 0 saturated heterocycles. The van der Waals surface area contributed by atoms with Gasteiger partial charge in [0.25, 0.3) is 0 Å². The fourth-order valence-corrected chi connectivity index (χ4v) is 3.07. The van der Waals surface area contributed by atoms with Crippen molar-refractivity contribution in [3.63, 3.8) is 0 Å². The van der Waals surface area contributed by atoms with E-state index in [-0.39, 0.29) is 6.54 Å². The van der Waals surface area contributed by atoms with E-state index in [1.54, 1.807) is 4.57 Å². The third-order valence-corrected chi connectivity index (χ3v) is 4.68. The first-order valence-electron chi connectivity index (χ1n) is 8.69. The minimum atomic E-state index is -4.13. The quantitative estimate of drug-likeness (QED) is 0.410. The lowest BCUT2D eigenvalue weighted by molar-refractivity contribution is -0.0403. The van der Waals surface area contributed by atoms with Gasteiger partial charge in [-0.05, 0) is 5.56 Å². The summed E-state index contributed by atoms with van der Waals surface area (Å²) in [7, 11) is -2.80. The lowest BCUT2D eigenvalue weighted by Gasteiger charge is -2.21. The maximum atomic E-state index is 10.9. The van der Waals surface area contributed by atoms with E-state index in [1.165, 1.54) is 19.8 Å². The zero-order valence-corrected chi connectivity index (χ0v) is 16.5.